The number of nitrogens with one attached hydrogen (secondary N) is 2. The molecule has 0 aliphatic heterocycles. The number of hydrogen-bond donors (Lipinski definition) is 3. The highest BCUT2D eigenvalue weighted by Gasteiger charge is 2.23. The van der Waals surface area contributed by atoms with Crippen LogP contribution in [0.3, 0.4) is 0 Å². The second-order valence-electron chi connectivity index (χ2n) is 5.51. The molecule has 1 saturated carbocycles. The molecule has 2 amide bonds. The molecule has 0 spiro atoms. The molecule has 1 aliphatic rings. The molecular formula is C14H26N2O3. The fourth-order valence-corrected chi connectivity index (χ4v) is 2.71. The molecule has 0 radical (unpaired) electrons. The fourth-order valence-electron chi connectivity index (χ4n) is 2.71. The van der Waals surface area contributed by atoms with Crippen LogP contribution in [-0.4, -0.2) is 29.7 Å². The minimum absolute atomic E-state index is 0.164. The Morgan fingerprint density at radius 1 is 1.32 bits per heavy atom. The van der Waals surface area contributed by atoms with Gasteiger partial charge in [0.15, 0.2) is 0 Å². The first-order valence-corrected chi connectivity index (χ1v) is 7.31. The molecule has 1 aliphatic carbocycles. The Hall–Kier alpha value is -1.26. The van der Waals surface area contributed by atoms with Gasteiger partial charge in [0.1, 0.15) is 0 Å². The van der Waals surface area contributed by atoms with Crippen molar-refractivity contribution in [2.45, 2.75) is 58.4 Å². The van der Waals surface area contributed by atoms with Gasteiger partial charge in [-0.05, 0) is 32.1 Å². The van der Waals surface area contributed by atoms with E-state index < -0.39 is 11.9 Å². The molecule has 1 rings (SSSR count). The lowest BCUT2D eigenvalue weighted by atomic mass is 10.00. The van der Waals surface area contributed by atoms with E-state index in [4.69, 9.17) is 5.11 Å². The predicted octanol–water partition coefficient (Wildman–Crippen LogP) is 2.37. The van der Waals surface area contributed by atoms with Crippen molar-refractivity contribution in [1.29, 1.82) is 0 Å². The zero-order valence-electron chi connectivity index (χ0n) is 11.9. The molecule has 3 N–H and O–H groups in total. The maximum atomic E-state index is 11.7. The predicted molar refractivity (Wildman–Crippen MR) is 74.0 cm³/mol. The summed E-state index contributed by atoms with van der Waals surface area (Å²) in [6.07, 6.45) is 6.24. The van der Waals surface area contributed by atoms with E-state index in [2.05, 4.69) is 10.6 Å². The van der Waals surface area contributed by atoms with Gasteiger partial charge >= 0.3 is 12.0 Å². The highest BCUT2D eigenvalue weighted by molar-refractivity contribution is 5.76. The van der Waals surface area contributed by atoms with Crippen LogP contribution < -0.4 is 10.6 Å². The minimum Gasteiger partial charge on any atom is -0.481 e. The third-order valence-corrected chi connectivity index (χ3v) is 3.96. The van der Waals surface area contributed by atoms with Crippen LogP contribution >= 0.6 is 0 Å². The van der Waals surface area contributed by atoms with Gasteiger partial charge in [-0.25, -0.2) is 4.79 Å². The zero-order valence-corrected chi connectivity index (χ0v) is 11.9. The van der Waals surface area contributed by atoms with Crippen molar-refractivity contribution in [2.75, 3.05) is 6.54 Å². The highest BCUT2D eigenvalue weighted by Crippen LogP contribution is 2.27. The molecular weight excluding hydrogens is 244 g/mol. The first kappa shape index (κ1) is 15.8. The maximum Gasteiger partial charge on any atom is 0.315 e. The Morgan fingerprint density at radius 2 is 1.95 bits per heavy atom. The van der Waals surface area contributed by atoms with Crippen molar-refractivity contribution < 1.29 is 14.7 Å². The largest absolute Gasteiger partial charge is 0.481 e. The van der Waals surface area contributed by atoms with Crippen LogP contribution in [0.5, 0.6) is 0 Å². The summed E-state index contributed by atoms with van der Waals surface area (Å²) in [5.74, 6) is -0.764. The van der Waals surface area contributed by atoms with E-state index in [1.54, 1.807) is 0 Å². The lowest BCUT2D eigenvalue weighted by Crippen LogP contribution is -2.45. The second-order valence-corrected chi connectivity index (χ2v) is 5.51. The van der Waals surface area contributed by atoms with Gasteiger partial charge < -0.3 is 15.7 Å². The zero-order chi connectivity index (χ0) is 14.3. The molecule has 110 valence electrons. The number of aliphatic carboxylic acids is 1. The lowest BCUT2D eigenvalue weighted by Gasteiger charge is -2.21. The smallest absolute Gasteiger partial charge is 0.315 e. The molecule has 19 heavy (non-hydrogen) atoms. The summed E-state index contributed by atoms with van der Waals surface area (Å²) in [6, 6.07) is -0.0845. The van der Waals surface area contributed by atoms with E-state index in [1.165, 1.54) is 25.7 Å². The van der Waals surface area contributed by atoms with Crippen molar-refractivity contribution >= 4 is 12.0 Å². The van der Waals surface area contributed by atoms with E-state index in [0.717, 1.165) is 6.42 Å². The Bertz CT molecular complexity index is 301. The molecule has 0 aromatic rings. The normalized spacial score (nSPS) is 18.8. The monoisotopic (exact) mass is 270 g/mol. The summed E-state index contributed by atoms with van der Waals surface area (Å²) in [4.78, 5) is 22.7. The van der Waals surface area contributed by atoms with E-state index in [0.29, 0.717) is 12.3 Å². The van der Waals surface area contributed by atoms with Crippen LogP contribution in [0.25, 0.3) is 0 Å². The third-order valence-electron chi connectivity index (χ3n) is 3.96. The van der Waals surface area contributed by atoms with Crippen LogP contribution in [0.1, 0.15) is 52.4 Å². The topological polar surface area (TPSA) is 78.4 Å². The van der Waals surface area contributed by atoms with E-state index >= 15 is 0 Å². The summed E-state index contributed by atoms with van der Waals surface area (Å²) in [5, 5.41) is 14.6. The van der Waals surface area contributed by atoms with Crippen molar-refractivity contribution in [2.24, 2.45) is 11.8 Å². The molecule has 0 aromatic carbocycles. The number of amides is 2. The first-order valence-electron chi connectivity index (χ1n) is 7.31. The summed E-state index contributed by atoms with van der Waals surface area (Å²) in [7, 11) is 0. The van der Waals surface area contributed by atoms with E-state index in [9.17, 15) is 9.59 Å². The summed E-state index contributed by atoms with van der Waals surface area (Å²) in [6.45, 7) is 4.17. The van der Waals surface area contributed by atoms with Gasteiger partial charge in [-0.15, -0.1) is 0 Å². The average molecular weight is 270 g/mol. The third kappa shape index (κ3) is 5.49. The average Bonchev–Trinajstić information content (AvgIpc) is 2.87. The standard InChI is InChI=1S/C14H26N2O3/c1-3-6-12(13(17)18)9-15-14(19)16-10(2)11-7-4-5-8-11/h10-12H,3-9H2,1-2H3,(H,17,18)(H2,15,16,19). The number of rotatable bonds is 7. The number of carboxylic acid groups (broad SMARTS) is 1. The number of carboxylic acids is 1. The Morgan fingerprint density at radius 3 is 2.47 bits per heavy atom. The molecule has 2 atom stereocenters. The fraction of sp³-hybridized carbons (Fsp3) is 0.857. The van der Waals surface area contributed by atoms with Crippen LogP contribution in [0, 0.1) is 11.8 Å². The Balaban J connectivity index is 2.27. The van der Waals surface area contributed by atoms with Crippen molar-refractivity contribution in [3.63, 3.8) is 0 Å². The SMILES string of the molecule is CCCC(CNC(=O)NC(C)C1CCCC1)C(=O)O. The molecule has 0 bridgehead atoms. The Kier molecular flexibility index (Phi) is 6.67. The molecule has 5 nitrogen and oxygen atoms in total. The molecule has 0 saturated heterocycles. The van der Waals surface area contributed by atoms with Gasteiger partial charge in [0, 0.05) is 12.6 Å². The molecule has 2 unspecified atom stereocenters. The summed E-state index contributed by atoms with van der Waals surface area (Å²) < 4.78 is 0. The quantitative estimate of drug-likeness (QED) is 0.664. The second kappa shape index (κ2) is 8.02. The maximum absolute atomic E-state index is 11.7. The molecule has 1 fully saturated rings. The van der Waals surface area contributed by atoms with Gasteiger partial charge in [-0.3, -0.25) is 4.79 Å². The van der Waals surface area contributed by atoms with Gasteiger partial charge in [-0.1, -0.05) is 26.2 Å². The summed E-state index contributed by atoms with van der Waals surface area (Å²) >= 11 is 0. The van der Waals surface area contributed by atoms with Gasteiger partial charge in [0.25, 0.3) is 0 Å². The highest BCUT2D eigenvalue weighted by atomic mass is 16.4. The van der Waals surface area contributed by atoms with Crippen LogP contribution in [-0.2, 0) is 4.79 Å². The number of urea groups is 1. The van der Waals surface area contributed by atoms with Gasteiger partial charge in [-0.2, -0.15) is 0 Å². The molecule has 0 aromatic heterocycles. The van der Waals surface area contributed by atoms with Crippen LogP contribution in [0.4, 0.5) is 4.79 Å². The molecule has 0 heterocycles. The van der Waals surface area contributed by atoms with Gasteiger partial charge in [0.2, 0.25) is 0 Å². The van der Waals surface area contributed by atoms with Crippen LogP contribution in [0.15, 0.2) is 0 Å². The summed E-state index contributed by atoms with van der Waals surface area (Å²) in [5.41, 5.74) is 0. The van der Waals surface area contributed by atoms with E-state index in [-0.39, 0.29) is 18.6 Å². The van der Waals surface area contributed by atoms with E-state index in [1.807, 2.05) is 13.8 Å². The number of carbonyl (C=O) groups is 2. The van der Waals surface area contributed by atoms with Crippen molar-refractivity contribution in [1.82, 2.24) is 10.6 Å². The molecule has 5 heteroatoms. The van der Waals surface area contributed by atoms with Crippen LogP contribution in [0.2, 0.25) is 0 Å². The van der Waals surface area contributed by atoms with Crippen molar-refractivity contribution in [3.05, 3.63) is 0 Å². The first-order chi connectivity index (χ1) is 9.04. The van der Waals surface area contributed by atoms with Gasteiger partial charge in [0.05, 0.1) is 5.92 Å². The minimum atomic E-state index is -0.842. The van der Waals surface area contributed by atoms with Crippen molar-refractivity contribution in [3.8, 4) is 0 Å². The Labute approximate surface area is 115 Å². The number of hydrogen-bond acceptors (Lipinski definition) is 2. The lowest BCUT2D eigenvalue weighted by molar-refractivity contribution is -0.141. The number of carbonyl (C=O) groups excluding carboxylic acids is 1.